The number of carbonyl (C=O) groups is 3. The van der Waals surface area contributed by atoms with Crippen molar-refractivity contribution in [3.8, 4) is 22.3 Å². The second-order valence-corrected chi connectivity index (χ2v) is 12.3. The zero-order valence-electron chi connectivity index (χ0n) is 26.2. The van der Waals surface area contributed by atoms with E-state index in [2.05, 4.69) is 20.9 Å². The zero-order valence-corrected chi connectivity index (χ0v) is 26.2. The van der Waals surface area contributed by atoms with Gasteiger partial charge < -0.3 is 25.8 Å². The molecule has 1 saturated carbocycles. The molecular weight excluding hydrogens is 580 g/mol. The first-order valence-electron chi connectivity index (χ1n) is 15.6. The topological polar surface area (TPSA) is 130 Å². The van der Waals surface area contributed by atoms with Gasteiger partial charge in [0.2, 0.25) is 5.91 Å². The molecule has 1 aliphatic carbocycles. The van der Waals surface area contributed by atoms with Crippen molar-refractivity contribution in [1.82, 2.24) is 15.6 Å². The second-order valence-electron chi connectivity index (χ2n) is 12.3. The number of hydrogen-bond donors (Lipinski definition) is 4. The normalized spacial score (nSPS) is 16.2. The Balaban J connectivity index is 1.19. The van der Waals surface area contributed by atoms with Crippen LogP contribution in [0.2, 0.25) is 0 Å². The van der Waals surface area contributed by atoms with Gasteiger partial charge in [-0.05, 0) is 85.9 Å². The van der Waals surface area contributed by atoms with Gasteiger partial charge in [0.1, 0.15) is 6.61 Å². The Morgan fingerprint density at radius 1 is 0.848 bits per heavy atom. The highest BCUT2D eigenvalue weighted by Crippen LogP contribution is 2.35. The van der Waals surface area contributed by atoms with Crippen LogP contribution in [-0.2, 0) is 21.7 Å². The first kappa shape index (κ1) is 32.2. The van der Waals surface area contributed by atoms with E-state index in [0.29, 0.717) is 17.8 Å². The van der Waals surface area contributed by atoms with Gasteiger partial charge in [0.25, 0.3) is 0 Å². The third-order valence-electron chi connectivity index (χ3n) is 8.38. The summed E-state index contributed by atoms with van der Waals surface area (Å²) in [5.74, 6) is 0.209. The number of amides is 3. The van der Waals surface area contributed by atoms with Crippen LogP contribution in [0.1, 0.15) is 57.2 Å². The van der Waals surface area contributed by atoms with Crippen LogP contribution < -0.4 is 16.0 Å². The molecule has 0 saturated heterocycles. The third-order valence-corrected chi connectivity index (χ3v) is 8.38. The molecule has 1 heterocycles. The molecule has 0 atom stereocenters. The van der Waals surface area contributed by atoms with Gasteiger partial charge >= 0.3 is 12.2 Å². The van der Waals surface area contributed by atoms with Gasteiger partial charge in [-0.2, -0.15) is 0 Å². The molecule has 4 aromatic rings. The van der Waals surface area contributed by atoms with Crippen molar-refractivity contribution >= 4 is 23.8 Å². The lowest BCUT2D eigenvalue weighted by Gasteiger charge is -2.28. The Morgan fingerprint density at radius 3 is 2.20 bits per heavy atom. The number of rotatable bonds is 10. The third kappa shape index (κ3) is 8.72. The molecule has 3 aromatic carbocycles. The minimum absolute atomic E-state index is 0.0374. The van der Waals surface area contributed by atoms with E-state index in [1.54, 1.807) is 20.0 Å². The molecule has 46 heavy (non-hydrogen) atoms. The van der Waals surface area contributed by atoms with Crippen LogP contribution in [0.3, 0.4) is 0 Å². The lowest BCUT2D eigenvalue weighted by molar-refractivity contribution is -0.117. The molecule has 0 bridgehead atoms. The fourth-order valence-electron chi connectivity index (χ4n) is 5.90. The Kier molecular flexibility index (Phi) is 10.3. The number of anilines is 1. The molecule has 1 aromatic heterocycles. The summed E-state index contributed by atoms with van der Waals surface area (Å²) in [6.45, 7) is 3.77. The maximum atomic E-state index is 13.1. The average molecular weight is 621 g/mol. The number of carboxylic acid groups (broad SMARTS) is 1. The highest BCUT2D eigenvalue weighted by atomic mass is 16.5. The predicted octanol–water partition coefficient (Wildman–Crippen LogP) is 7.73. The zero-order chi connectivity index (χ0) is 32.5. The number of pyridine rings is 1. The number of nitrogens with one attached hydrogen (secondary N) is 3. The van der Waals surface area contributed by atoms with E-state index in [-0.39, 0.29) is 24.5 Å². The molecule has 0 radical (unpaired) electrons. The van der Waals surface area contributed by atoms with Gasteiger partial charge in [-0.3, -0.25) is 9.78 Å². The van der Waals surface area contributed by atoms with E-state index in [1.807, 2.05) is 91.0 Å². The minimum atomic E-state index is -1.11. The van der Waals surface area contributed by atoms with E-state index in [0.717, 1.165) is 53.5 Å². The Bertz CT molecular complexity index is 1630. The smallest absolute Gasteiger partial charge is 0.407 e. The molecule has 3 amide bonds. The van der Waals surface area contributed by atoms with E-state index < -0.39 is 17.7 Å². The standard InChI is InChI=1S/C37H40N4O5/c1-37(2,41-35(43)44)33-20-15-28(23-38-33)31-19-18-30(22-32(31)27-11-7-4-8-12-27)39-34(42)21-25-13-16-29(17-14-25)40-36(45)46-24-26-9-5-3-6-10-26/h3-12,15,18-20,22-23,25,29,41H,13-14,16-17,21,24H2,1-2H3,(H,39,42)(H,40,45)(H,43,44)/t25-,29-. The quantitative estimate of drug-likeness (QED) is 0.144. The fourth-order valence-corrected chi connectivity index (χ4v) is 5.90. The van der Waals surface area contributed by atoms with Crippen LogP contribution in [0.15, 0.2) is 97.2 Å². The summed E-state index contributed by atoms with van der Waals surface area (Å²) in [6, 6.07) is 29.2. The number of alkyl carbamates (subject to hydrolysis) is 1. The van der Waals surface area contributed by atoms with Crippen LogP contribution in [0.4, 0.5) is 15.3 Å². The monoisotopic (exact) mass is 620 g/mol. The maximum absolute atomic E-state index is 13.1. The van der Waals surface area contributed by atoms with Crippen molar-refractivity contribution < 1.29 is 24.2 Å². The number of hydrogen-bond acceptors (Lipinski definition) is 5. The minimum Gasteiger partial charge on any atom is -0.465 e. The van der Waals surface area contributed by atoms with E-state index in [9.17, 15) is 19.5 Å². The lowest BCUT2D eigenvalue weighted by atomic mass is 9.84. The van der Waals surface area contributed by atoms with Gasteiger partial charge in [-0.1, -0.05) is 72.8 Å². The Morgan fingerprint density at radius 2 is 1.54 bits per heavy atom. The summed E-state index contributed by atoms with van der Waals surface area (Å²) in [5.41, 5.74) is 5.18. The van der Waals surface area contributed by atoms with Crippen molar-refractivity contribution in [2.75, 3.05) is 5.32 Å². The van der Waals surface area contributed by atoms with Gasteiger partial charge in [0, 0.05) is 29.9 Å². The number of aromatic nitrogens is 1. The molecule has 0 spiro atoms. The molecule has 238 valence electrons. The van der Waals surface area contributed by atoms with Crippen molar-refractivity contribution in [3.63, 3.8) is 0 Å². The Labute approximate surface area is 269 Å². The van der Waals surface area contributed by atoms with Gasteiger partial charge in [-0.15, -0.1) is 0 Å². The molecule has 0 aliphatic heterocycles. The summed E-state index contributed by atoms with van der Waals surface area (Å²) in [4.78, 5) is 41.2. The highest BCUT2D eigenvalue weighted by molar-refractivity contribution is 5.94. The van der Waals surface area contributed by atoms with Crippen LogP contribution in [0, 0.1) is 5.92 Å². The van der Waals surface area contributed by atoms with Crippen molar-refractivity contribution in [2.24, 2.45) is 5.92 Å². The summed E-state index contributed by atoms with van der Waals surface area (Å²) in [5, 5.41) is 17.7. The maximum Gasteiger partial charge on any atom is 0.407 e. The molecule has 4 N–H and O–H groups in total. The molecule has 1 aliphatic rings. The number of ether oxygens (including phenoxy) is 1. The summed E-state index contributed by atoms with van der Waals surface area (Å²) in [6.07, 6.45) is 3.96. The fraction of sp³-hybridized carbons (Fsp3) is 0.297. The van der Waals surface area contributed by atoms with Crippen molar-refractivity contribution in [3.05, 3.63) is 108 Å². The molecule has 5 rings (SSSR count). The SMILES string of the molecule is CC(C)(NC(=O)O)c1ccc(-c2ccc(NC(=O)C[C@H]3CC[C@H](NC(=O)OCc4ccccc4)CC3)cc2-c2ccccc2)cn1. The lowest BCUT2D eigenvalue weighted by Crippen LogP contribution is -2.40. The van der Waals surface area contributed by atoms with Crippen LogP contribution in [0.5, 0.6) is 0 Å². The van der Waals surface area contributed by atoms with Crippen molar-refractivity contribution in [2.45, 2.75) is 64.1 Å². The highest BCUT2D eigenvalue weighted by Gasteiger charge is 2.26. The van der Waals surface area contributed by atoms with Crippen LogP contribution >= 0.6 is 0 Å². The number of carbonyl (C=O) groups excluding carboxylic acids is 2. The Hall–Kier alpha value is -5.18. The summed E-state index contributed by atoms with van der Waals surface area (Å²) in [7, 11) is 0. The van der Waals surface area contributed by atoms with E-state index in [4.69, 9.17) is 4.74 Å². The predicted molar refractivity (Wildman–Crippen MR) is 178 cm³/mol. The second kappa shape index (κ2) is 14.7. The van der Waals surface area contributed by atoms with Crippen LogP contribution in [0.25, 0.3) is 22.3 Å². The first-order valence-corrected chi connectivity index (χ1v) is 15.6. The van der Waals surface area contributed by atoms with E-state index in [1.165, 1.54) is 0 Å². The van der Waals surface area contributed by atoms with Gasteiger partial charge in [-0.25, -0.2) is 9.59 Å². The summed E-state index contributed by atoms with van der Waals surface area (Å²) >= 11 is 0. The van der Waals surface area contributed by atoms with Crippen molar-refractivity contribution in [1.29, 1.82) is 0 Å². The largest absolute Gasteiger partial charge is 0.465 e. The molecule has 1 fully saturated rings. The molecule has 9 heteroatoms. The average Bonchev–Trinajstić information content (AvgIpc) is 3.05. The number of nitrogens with zero attached hydrogens (tertiary/aromatic N) is 1. The van der Waals surface area contributed by atoms with Gasteiger partial charge in [0.05, 0.1) is 11.2 Å². The molecular formula is C37H40N4O5. The number of benzene rings is 3. The molecule has 0 unspecified atom stereocenters. The van der Waals surface area contributed by atoms with E-state index >= 15 is 0 Å². The summed E-state index contributed by atoms with van der Waals surface area (Å²) < 4.78 is 5.36. The van der Waals surface area contributed by atoms with Crippen LogP contribution in [-0.4, -0.2) is 34.2 Å². The molecule has 9 nitrogen and oxygen atoms in total. The first-order chi connectivity index (χ1) is 22.2. The van der Waals surface area contributed by atoms with Gasteiger partial charge in [0.15, 0.2) is 0 Å².